The van der Waals surface area contributed by atoms with Crippen LogP contribution in [-0.2, 0) is 9.59 Å². The van der Waals surface area contributed by atoms with Crippen LogP contribution in [0, 0.1) is 0 Å². The highest BCUT2D eigenvalue weighted by Crippen LogP contribution is 2.42. The zero-order chi connectivity index (χ0) is 25.5. The number of likely N-dealkylation sites (N-methyl/N-ethyl adjacent to an activating group) is 1. The van der Waals surface area contributed by atoms with Gasteiger partial charge in [-0.15, -0.1) is 0 Å². The number of rotatable bonds is 11. The smallest absolute Gasteiger partial charge is 0.295 e. The lowest BCUT2D eigenvalue weighted by atomic mass is 9.95. The third kappa shape index (κ3) is 5.77. The molecule has 1 N–H and O–H groups in total. The quantitative estimate of drug-likeness (QED) is 0.296. The minimum absolute atomic E-state index is 0.0450. The summed E-state index contributed by atoms with van der Waals surface area (Å²) in [5.74, 6) is 0.155. The van der Waals surface area contributed by atoms with Crippen molar-refractivity contribution in [1.29, 1.82) is 0 Å². The summed E-state index contributed by atoms with van der Waals surface area (Å²) in [7, 11) is 5.35. The monoisotopic (exact) mass is 482 g/mol. The molecule has 2 aromatic carbocycles. The Bertz CT molecular complexity index is 1080. The number of carbonyl (C=O) groups excluding carboxylic acids is 2. The molecule has 3 rings (SSSR count). The molecule has 1 atom stereocenters. The van der Waals surface area contributed by atoms with Crippen molar-refractivity contribution in [2.75, 3.05) is 47.5 Å². The highest BCUT2D eigenvalue weighted by Gasteiger charge is 2.46. The minimum atomic E-state index is -0.767. The fraction of sp³-hybridized carbons (Fsp3) is 0.407. The number of carbonyl (C=O) groups is 2. The standard InChI is InChI=1S/C27H34N2O6/c1-6-16-35-21-13-10-19(17-22(21)34-7-2)24-23(25(30)18-8-11-20(33-5)12-9-18)26(31)27(32)29(24)15-14-28(3)4/h8-13,17,24,30H,6-7,14-16H2,1-5H3. The Balaban J connectivity index is 2.14. The summed E-state index contributed by atoms with van der Waals surface area (Å²) in [4.78, 5) is 29.7. The number of ketones is 1. The van der Waals surface area contributed by atoms with E-state index in [0.717, 1.165) is 6.42 Å². The number of aliphatic hydroxyl groups is 1. The van der Waals surface area contributed by atoms with Gasteiger partial charge < -0.3 is 29.1 Å². The van der Waals surface area contributed by atoms with Crippen molar-refractivity contribution in [3.8, 4) is 17.2 Å². The van der Waals surface area contributed by atoms with Crippen LogP contribution in [0.4, 0.5) is 0 Å². The van der Waals surface area contributed by atoms with Gasteiger partial charge in [-0.05, 0) is 69.4 Å². The average Bonchev–Trinajstić information content (AvgIpc) is 3.11. The van der Waals surface area contributed by atoms with Crippen LogP contribution < -0.4 is 14.2 Å². The normalized spacial score (nSPS) is 17.2. The second kappa shape index (κ2) is 11.8. The van der Waals surface area contributed by atoms with Crippen LogP contribution in [0.2, 0.25) is 0 Å². The Kier molecular flexibility index (Phi) is 8.76. The third-order valence-corrected chi connectivity index (χ3v) is 5.74. The van der Waals surface area contributed by atoms with Crippen molar-refractivity contribution in [1.82, 2.24) is 9.80 Å². The molecule has 35 heavy (non-hydrogen) atoms. The molecule has 1 unspecified atom stereocenters. The molecule has 8 nitrogen and oxygen atoms in total. The Morgan fingerprint density at radius 1 is 1.03 bits per heavy atom. The van der Waals surface area contributed by atoms with Gasteiger partial charge in [0.1, 0.15) is 11.5 Å². The summed E-state index contributed by atoms with van der Waals surface area (Å²) in [6.07, 6.45) is 0.847. The molecule has 0 saturated carbocycles. The van der Waals surface area contributed by atoms with Gasteiger partial charge in [-0.3, -0.25) is 9.59 Å². The molecule has 188 valence electrons. The topological polar surface area (TPSA) is 88.5 Å². The van der Waals surface area contributed by atoms with Crippen molar-refractivity contribution >= 4 is 17.4 Å². The molecular weight excluding hydrogens is 448 g/mol. The first-order valence-electron chi connectivity index (χ1n) is 11.8. The molecule has 0 bridgehead atoms. The molecule has 1 fully saturated rings. The van der Waals surface area contributed by atoms with Gasteiger partial charge in [0, 0.05) is 18.7 Å². The molecule has 0 aliphatic carbocycles. The highest BCUT2D eigenvalue weighted by atomic mass is 16.5. The SMILES string of the molecule is CCCOc1ccc(C2C(=C(O)c3ccc(OC)cc3)C(=O)C(=O)N2CCN(C)C)cc1OCC. The van der Waals surface area contributed by atoms with E-state index in [1.165, 1.54) is 4.90 Å². The molecule has 1 aliphatic rings. The number of methoxy groups -OCH3 is 1. The van der Waals surface area contributed by atoms with Crippen LogP contribution >= 0.6 is 0 Å². The van der Waals surface area contributed by atoms with Gasteiger partial charge in [0.05, 0.1) is 31.9 Å². The van der Waals surface area contributed by atoms with Crippen LogP contribution in [0.25, 0.3) is 5.76 Å². The summed E-state index contributed by atoms with van der Waals surface area (Å²) >= 11 is 0. The van der Waals surface area contributed by atoms with E-state index in [1.54, 1.807) is 43.5 Å². The van der Waals surface area contributed by atoms with Crippen molar-refractivity contribution < 1.29 is 28.9 Å². The van der Waals surface area contributed by atoms with Gasteiger partial charge >= 0.3 is 0 Å². The molecule has 1 amide bonds. The first-order valence-corrected chi connectivity index (χ1v) is 11.8. The summed E-state index contributed by atoms with van der Waals surface area (Å²) in [5, 5.41) is 11.2. The molecule has 0 spiro atoms. The van der Waals surface area contributed by atoms with Gasteiger partial charge in [0.15, 0.2) is 11.5 Å². The molecule has 2 aromatic rings. The molecular formula is C27H34N2O6. The van der Waals surface area contributed by atoms with E-state index in [2.05, 4.69) is 0 Å². The van der Waals surface area contributed by atoms with Gasteiger partial charge in [-0.25, -0.2) is 0 Å². The van der Waals surface area contributed by atoms with E-state index in [9.17, 15) is 14.7 Å². The fourth-order valence-corrected chi connectivity index (χ4v) is 3.96. The van der Waals surface area contributed by atoms with E-state index in [4.69, 9.17) is 14.2 Å². The molecule has 0 radical (unpaired) electrons. The van der Waals surface area contributed by atoms with E-state index in [-0.39, 0.29) is 11.3 Å². The Morgan fingerprint density at radius 3 is 2.34 bits per heavy atom. The lowest BCUT2D eigenvalue weighted by Crippen LogP contribution is -2.35. The van der Waals surface area contributed by atoms with E-state index < -0.39 is 17.7 Å². The van der Waals surface area contributed by atoms with Crippen LogP contribution in [0.3, 0.4) is 0 Å². The molecule has 1 saturated heterocycles. The number of aliphatic hydroxyl groups excluding tert-OH is 1. The maximum absolute atomic E-state index is 13.2. The second-order valence-electron chi connectivity index (χ2n) is 8.51. The maximum atomic E-state index is 13.2. The summed E-state index contributed by atoms with van der Waals surface area (Å²) in [5.41, 5.74) is 1.13. The molecule has 8 heteroatoms. The number of ether oxygens (including phenoxy) is 3. The molecule has 0 aromatic heterocycles. The predicted molar refractivity (Wildman–Crippen MR) is 134 cm³/mol. The van der Waals surface area contributed by atoms with Crippen LogP contribution in [0.5, 0.6) is 17.2 Å². The maximum Gasteiger partial charge on any atom is 0.295 e. The Labute approximate surface area is 206 Å². The van der Waals surface area contributed by atoms with E-state index in [0.29, 0.717) is 54.7 Å². The first kappa shape index (κ1) is 26.1. The number of hydrogen-bond donors (Lipinski definition) is 1. The number of nitrogens with zero attached hydrogens (tertiary/aromatic N) is 2. The van der Waals surface area contributed by atoms with Crippen LogP contribution in [0.1, 0.15) is 37.4 Å². The second-order valence-corrected chi connectivity index (χ2v) is 8.51. The average molecular weight is 483 g/mol. The van der Waals surface area contributed by atoms with Crippen molar-refractivity contribution in [3.63, 3.8) is 0 Å². The fourth-order valence-electron chi connectivity index (χ4n) is 3.96. The third-order valence-electron chi connectivity index (χ3n) is 5.74. The zero-order valence-electron chi connectivity index (χ0n) is 21.0. The van der Waals surface area contributed by atoms with Crippen molar-refractivity contribution in [2.45, 2.75) is 26.3 Å². The summed E-state index contributed by atoms with van der Waals surface area (Å²) in [6.45, 7) is 5.74. The van der Waals surface area contributed by atoms with Crippen molar-refractivity contribution in [3.05, 3.63) is 59.2 Å². The van der Waals surface area contributed by atoms with Gasteiger partial charge in [0.2, 0.25) is 0 Å². The Morgan fingerprint density at radius 2 is 1.74 bits per heavy atom. The van der Waals surface area contributed by atoms with Gasteiger partial charge in [-0.2, -0.15) is 0 Å². The minimum Gasteiger partial charge on any atom is -0.507 e. The lowest BCUT2D eigenvalue weighted by Gasteiger charge is -2.27. The van der Waals surface area contributed by atoms with Gasteiger partial charge in [-0.1, -0.05) is 13.0 Å². The largest absolute Gasteiger partial charge is 0.507 e. The van der Waals surface area contributed by atoms with Gasteiger partial charge in [0.25, 0.3) is 11.7 Å². The lowest BCUT2D eigenvalue weighted by molar-refractivity contribution is -0.140. The number of Topliss-reactive ketones (excluding diaryl/α,β-unsaturated/α-hetero) is 1. The highest BCUT2D eigenvalue weighted by molar-refractivity contribution is 6.46. The van der Waals surface area contributed by atoms with E-state index >= 15 is 0 Å². The molecule has 1 aliphatic heterocycles. The zero-order valence-corrected chi connectivity index (χ0v) is 21.0. The number of benzene rings is 2. The Hall–Kier alpha value is -3.52. The number of likely N-dealkylation sites (tertiary alicyclic amines) is 1. The van der Waals surface area contributed by atoms with E-state index in [1.807, 2.05) is 38.9 Å². The van der Waals surface area contributed by atoms with Crippen molar-refractivity contribution in [2.24, 2.45) is 0 Å². The summed E-state index contributed by atoms with van der Waals surface area (Å²) < 4.78 is 16.8. The predicted octanol–water partition coefficient (Wildman–Crippen LogP) is 3.87. The van der Waals surface area contributed by atoms with Crippen LogP contribution in [0.15, 0.2) is 48.0 Å². The number of amides is 1. The van der Waals surface area contributed by atoms with Crippen LogP contribution in [-0.4, -0.2) is 74.1 Å². The summed E-state index contributed by atoms with van der Waals surface area (Å²) in [6, 6.07) is 11.3. The molecule has 1 heterocycles. The first-order chi connectivity index (χ1) is 16.8. The number of hydrogen-bond acceptors (Lipinski definition) is 7.